The van der Waals surface area contributed by atoms with E-state index in [9.17, 15) is 14.7 Å². The highest BCUT2D eigenvalue weighted by Gasteiger charge is 2.13. The summed E-state index contributed by atoms with van der Waals surface area (Å²) in [4.78, 5) is 22.6. The van der Waals surface area contributed by atoms with Crippen molar-refractivity contribution in [2.45, 2.75) is 38.5 Å². The molecule has 2 rings (SSSR count). The number of carbonyl (C=O) groups is 2. The van der Waals surface area contributed by atoms with Crippen LogP contribution in [-0.4, -0.2) is 38.4 Å². The molecule has 0 aliphatic heterocycles. The number of esters is 2. The second-order valence-electron chi connectivity index (χ2n) is 6.75. The molecular formula is C23H28O6. The van der Waals surface area contributed by atoms with Crippen molar-refractivity contribution in [1.29, 1.82) is 0 Å². The molecule has 0 aromatic heterocycles. The Morgan fingerprint density at radius 3 is 1.83 bits per heavy atom. The predicted octanol–water partition coefficient (Wildman–Crippen LogP) is 4.06. The highest BCUT2D eigenvalue weighted by molar-refractivity contribution is 5.77. The lowest BCUT2D eigenvalue weighted by atomic mass is 9.96. The van der Waals surface area contributed by atoms with Gasteiger partial charge in [0.2, 0.25) is 0 Å². The second kappa shape index (κ2) is 11.1. The number of hydrogen-bond acceptors (Lipinski definition) is 6. The van der Waals surface area contributed by atoms with Crippen molar-refractivity contribution in [3.63, 3.8) is 0 Å². The van der Waals surface area contributed by atoms with Gasteiger partial charge in [-0.25, -0.2) is 0 Å². The van der Waals surface area contributed by atoms with Gasteiger partial charge in [-0.2, -0.15) is 0 Å². The van der Waals surface area contributed by atoms with E-state index in [2.05, 4.69) is 9.47 Å². The van der Waals surface area contributed by atoms with Crippen molar-refractivity contribution in [2.75, 3.05) is 21.3 Å². The summed E-state index contributed by atoms with van der Waals surface area (Å²) in [5, 5.41) is 10.4. The average molecular weight is 400 g/mol. The van der Waals surface area contributed by atoms with Gasteiger partial charge >= 0.3 is 11.9 Å². The standard InChI is InChI=1S/C23H28O6/c1-27-21-13-11-17(7-5-9-23(26)29-3)15-19(21)18-14-16(10-12-20(18)24)6-4-8-22(25)28-2/h10-15,24H,4-9H2,1-3H3. The lowest BCUT2D eigenvalue weighted by Gasteiger charge is -2.14. The zero-order chi connectivity index (χ0) is 21.2. The van der Waals surface area contributed by atoms with E-state index in [0.29, 0.717) is 49.8 Å². The molecule has 0 bridgehead atoms. The Balaban J connectivity index is 2.22. The van der Waals surface area contributed by atoms with E-state index in [1.54, 1.807) is 13.2 Å². The Kier molecular flexibility index (Phi) is 8.52. The van der Waals surface area contributed by atoms with Gasteiger partial charge < -0.3 is 19.3 Å². The molecule has 0 saturated heterocycles. The summed E-state index contributed by atoms with van der Waals surface area (Å²) in [6.45, 7) is 0. The van der Waals surface area contributed by atoms with Crippen molar-refractivity contribution in [1.82, 2.24) is 0 Å². The average Bonchev–Trinajstić information content (AvgIpc) is 2.74. The van der Waals surface area contributed by atoms with E-state index in [1.165, 1.54) is 14.2 Å². The fourth-order valence-corrected chi connectivity index (χ4v) is 3.15. The van der Waals surface area contributed by atoms with E-state index in [0.717, 1.165) is 16.7 Å². The Morgan fingerprint density at radius 1 is 0.793 bits per heavy atom. The van der Waals surface area contributed by atoms with E-state index in [-0.39, 0.29) is 17.7 Å². The molecule has 156 valence electrons. The van der Waals surface area contributed by atoms with E-state index in [1.807, 2.05) is 30.3 Å². The van der Waals surface area contributed by atoms with Crippen LogP contribution in [0, 0.1) is 0 Å². The number of hydrogen-bond donors (Lipinski definition) is 1. The van der Waals surface area contributed by atoms with Gasteiger partial charge in [0.1, 0.15) is 11.5 Å². The topological polar surface area (TPSA) is 82.1 Å². The maximum absolute atomic E-state index is 11.3. The molecular weight excluding hydrogens is 372 g/mol. The molecule has 2 aromatic rings. The zero-order valence-electron chi connectivity index (χ0n) is 17.2. The molecule has 0 spiro atoms. The normalized spacial score (nSPS) is 10.4. The van der Waals surface area contributed by atoms with Crippen LogP contribution in [0.15, 0.2) is 36.4 Å². The van der Waals surface area contributed by atoms with Crippen molar-refractivity contribution >= 4 is 11.9 Å². The summed E-state index contributed by atoms with van der Waals surface area (Å²) >= 11 is 0. The van der Waals surface area contributed by atoms with Gasteiger partial charge in [-0.1, -0.05) is 12.1 Å². The maximum Gasteiger partial charge on any atom is 0.305 e. The maximum atomic E-state index is 11.3. The van der Waals surface area contributed by atoms with E-state index < -0.39 is 0 Å². The van der Waals surface area contributed by atoms with Gasteiger partial charge in [-0.05, 0) is 61.1 Å². The SMILES string of the molecule is COC(=O)CCCc1ccc(O)c(-c2cc(CCCC(=O)OC)ccc2OC)c1. The summed E-state index contributed by atoms with van der Waals surface area (Å²) < 4.78 is 14.8. The van der Waals surface area contributed by atoms with Crippen molar-refractivity contribution < 1.29 is 28.9 Å². The number of methoxy groups -OCH3 is 3. The van der Waals surface area contributed by atoms with Crippen LogP contribution in [0.1, 0.15) is 36.8 Å². The van der Waals surface area contributed by atoms with Crippen molar-refractivity contribution in [3.05, 3.63) is 47.5 Å². The van der Waals surface area contributed by atoms with Crippen LogP contribution in [0.5, 0.6) is 11.5 Å². The first-order valence-corrected chi connectivity index (χ1v) is 9.61. The third kappa shape index (κ3) is 6.52. The molecule has 6 heteroatoms. The fourth-order valence-electron chi connectivity index (χ4n) is 3.15. The Morgan fingerprint density at radius 2 is 1.31 bits per heavy atom. The lowest BCUT2D eigenvalue weighted by Crippen LogP contribution is -2.01. The number of aromatic hydroxyl groups is 1. The first kappa shape index (κ1) is 22.3. The molecule has 0 atom stereocenters. The predicted molar refractivity (Wildman–Crippen MR) is 110 cm³/mol. The summed E-state index contributed by atoms with van der Waals surface area (Å²) in [7, 11) is 4.35. The molecule has 1 N–H and O–H groups in total. The molecule has 6 nitrogen and oxygen atoms in total. The highest BCUT2D eigenvalue weighted by Crippen LogP contribution is 2.37. The van der Waals surface area contributed by atoms with Crippen LogP contribution in [0.2, 0.25) is 0 Å². The minimum atomic E-state index is -0.231. The van der Waals surface area contributed by atoms with Gasteiger partial charge in [0.15, 0.2) is 0 Å². The first-order chi connectivity index (χ1) is 14.0. The molecule has 0 aliphatic carbocycles. The molecule has 0 fully saturated rings. The number of carbonyl (C=O) groups excluding carboxylic acids is 2. The van der Waals surface area contributed by atoms with Crippen LogP contribution < -0.4 is 4.74 Å². The summed E-state index contributed by atoms with van der Waals surface area (Å²) in [5.74, 6) is 0.358. The third-order valence-corrected chi connectivity index (χ3v) is 4.76. The lowest BCUT2D eigenvalue weighted by molar-refractivity contribution is -0.141. The molecule has 0 amide bonds. The minimum absolute atomic E-state index is 0.159. The summed E-state index contributed by atoms with van der Waals surface area (Å²) in [6, 6.07) is 11.2. The van der Waals surface area contributed by atoms with Gasteiger partial charge in [0, 0.05) is 24.0 Å². The zero-order valence-corrected chi connectivity index (χ0v) is 17.2. The molecule has 0 unspecified atom stereocenters. The van der Waals surface area contributed by atoms with Crippen LogP contribution in [0.25, 0.3) is 11.1 Å². The number of rotatable bonds is 10. The smallest absolute Gasteiger partial charge is 0.305 e. The Hall–Kier alpha value is -3.02. The Labute approximate surface area is 171 Å². The third-order valence-electron chi connectivity index (χ3n) is 4.76. The molecule has 0 radical (unpaired) electrons. The number of aryl methyl sites for hydroxylation is 2. The number of phenols is 1. The van der Waals surface area contributed by atoms with Crippen molar-refractivity contribution in [3.8, 4) is 22.6 Å². The summed E-state index contributed by atoms with van der Waals surface area (Å²) in [5.41, 5.74) is 3.52. The summed E-state index contributed by atoms with van der Waals surface area (Å²) in [6.07, 6.45) is 3.47. The first-order valence-electron chi connectivity index (χ1n) is 9.61. The largest absolute Gasteiger partial charge is 0.507 e. The van der Waals surface area contributed by atoms with Gasteiger partial charge in [0.05, 0.1) is 21.3 Å². The van der Waals surface area contributed by atoms with Gasteiger partial charge in [-0.3, -0.25) is 9.59 Å². The number of phenolic OH excluding ortho intramolecular Hbond substituents is 1. The van der Waals surface area contributed by atoms with Crippen LogP contribution >= 0.6 is 0 Å². The number of ether oxygens (including phenoxy) is 3. The molecule has 0 aliphatic rings. The molecule has 0 saturated carbocycles. The van der Waals surface area contributed by atoms with E-state index in [4.69, 9.17) is 4.74 Å². The van der Waals surface area contributed by atoms with Crippen LogP contribution in [-0.2, 0) is 31.9 Å². The van der Waals surface area contributed by atoms with Crippen LogP contribution in [0.3, 0.4) is 0 Å². The second-order valence-corrected chi connectivity index (χ2v) is 6.75. The Bertz CT molecular complexity index is 843. The van der Waals surface area contributed by atoms with E-state index >= 15 is 0 Å². The highest BCUT2D eigenvalue weighted by atomic mass is 16.5. The van der Waals surface area contributed by atoms with Gasteiger partial charge in [-0.15, -0.1) is 0 Å². The quantitative estimate of drug-likeness (QED) is 0.606. The van der Waals surface area contributed by atoms with Crippen molar-refractivity contribution in [2.24, 2.45) is 0 Å². The fraction of sp³-hybridized carbons (Fsp3) is 0.391. The molecule has 29 heavy (non-hydrogen) atoms. The molecule has 2 aromatic carbocycles. The van der Waals surface area contributed by atoms with Crippen LogP contribution in [0.4, 0.5) is 0 Å². The minimum Gasteiger partial charge on any atom is -0.507 e. The molecule has 0 heterocycles. The van der Waals surface area contributed by atoms with Gasteiger partial charge in [0.25, 0.3) is 0 Å². The monoisotopic (exact) mass is 400 g/mol. The number of benzene rings is 2.